The van der Waals surface area contributed by atoms with Crippen LogP contribution in [0.2, 0.25) is 0 Å². The minimum absolute atomic E-state index is 1.00. The molecule has 0 amide bonds. The molecule has 0 N–H and O–H groups in total. The summed E-state index contributed by atoms with van der Waals surface area (Å²) in [6.45, 7) is 7.78. The molecule has 1 aliphatic carbocycles. The van der Waals surface area contributed by atoms with Gasteiger partial charge in [-0.3, -0.25) is 4.99 Å². The molecule has 0 saturated heterocycles. The van der Waals surface area contributed by atoms with Crippen molar-refractivity contribution in [1.82, 2.24) is 0 Å². The monoisotopic (exact) mass is 185 g/mol. The van der Waals surface area contributed by atoms with Crippen LogP contribution in [0.4, 0.5) is 5.69 Å². The van der Waals surface area contributed by atoms with Crippen LogP contribution in [0.3, 0.4) is 0 Å². The van der Waals surface area contributed by atoms with Crippen molar-refractivity contribution in [2.24, 2.45) is 4.99 Å². The van der Waals surface area contributed by atoms with Crippen LogP contribution in [0, 0.1) is 13.8 Å². The quantitative estimate of drug-likeness (QED) is 0.621. The second-order valence-corrected chi connectivity index (χ2v) is 3.96. The van der Waals surface area contributed by atoms with Gasteiger partial charge in [0.15, 0.2) is 0 Å². The maximum absolute atomic E-state index is 4.00. The summed E-state index contributed by atoms with van der Waals surface area (Å²) in [5.41, 5.74) is 6.39. The average Bonchev–Trinajstić information content (AvgIpc) is 2.94. The van der Waals surface area contributed by atoms with Crippen LogP contribution in [0.5, 0.6) is 0 Å². The van der Waals surface area contributed by atoms with Crippen molar-refractivity contribution in [3.05, 3.63) is 34.4 Å². The molecule has 0 atom stereocenters. The van der Waals surface area contributed by atoms with Gasteiger partial charge in [0.2, 0.25) is 0 Å². The SMILES string of the molecule is C=Nc1cc(C)c(C=C2CC2)cc1C. The van der Waals surface area contributed by atoms with E-state index in [0.29, 0.717) is 0 Å². The molecule has 1 heteroatoms. The Morgan fingerprint density at radius 2 is 1.93 bits per heavy atom. The minimum atomic E-state index is 1.00. The Morgan fingerprint density at radius 3 is 2.50 bits per heavy atom. The molecular weight excluding hydrogens is 170 g/mol. The number of nitrogens with zero attached hydrogens (tertiary/aromatic N) is 1. The third-order valence-electron chi connectivity index (χ3n) is 2.65. The van der Waals surface area contributed by atoms with Crippen molar-refractivity contribution in [3.63, 3.8) is 0 Å². The minimum Gasteiger partial charge on any atom is -0.264 e. The van der Waals surface area contributed by atoms with Crippen LogP contribution < -0.4 is 0 Å². The first-order valence-electron chi connectivity index (χ1n) is 4.98. The zero-order chi connectivity index (χ0) is 10.1. The maximum atomic E-state index is 4.00. The topological polar surface area (TPSA) is 12.4 Å². The molecule has 14 heavy (non-hydrogen) atoms. The van der Waals surface area contributed by atoms with Gasteiger partial charge in [0.25, 0.3) is 0 Å². The molecule has 0 heterocycles. The smallest absolute Gasteiger partial charge is 0.0654 e. The van der Waals surface area contributed by atoms with E-state index in [-0.39, 0.29) is 0 Å². The highest BCUT2D eigenvalue weighted by Crippen LogP contribution is 2.32. The molecule has 1 fully saturated rings. The first-order valence-corrected chi connectivity index (χ1v) is 4.98. The number of aliphatic imine (C=N–C) groups is 1. The Bertz CT molecular complexity index is 407. The van der Waals surface area contributed by atoms with Gasteiger partial charge >= 0.3 is 0 Å². The molecule has 0 aliphatic heterocycles. The predicted molar refractivity (Wildman–Crippen MR) is 62.3 cm³/mol. The van der Waals surface area contributed by atoms with E-state index in [1.165, 1.54) is 29.5 Å². The van der Waals surface area contributed by atoms with Gasteiger partial charge in [0.05, 0.1) is 5.69 Å². The second-order valence-electron chi connectivity index (χ2n) is 3.96. The van der Waals surface area contributed by atoms with Gasteiger partial charge in [-0.15, -0.1) is 0 Å². The van der Waals surface area contributed by atoms with Crippen LogP contribution in [0.1, 0.15) is 29.5 Å². The van der Waals surface area contributed by atoms with Crippen molar-refractivity contribution < 1.29 is 0 Å². The Balaban J connectivity index is 2.46. The van der Waals surface area contributed by atoms with Crippen molar-refractivity contribution in [2.45, 2.75) is 26.7 Å². The van der Waals surface area contributed by atoms with E-state index < -0.39 is 0 Å². The number of allylic oxidation sites excluding steroid dienone is 1. The summed E-state index contributed by atoms with van der Waals surface area (Å²) < 4.78 is 0. The van der Waals surface area contributed by atoms with Crippen molar-refractivity contribution in [1.29, 1.82) is 0 Å². The number of rotatable bonds is 2. The largest absolute Gasteiger partial charge is 0.264 e. The van der Waals surface area contributed by atoms with Crippen molar-refractivity contribution in [3.8, 4) is 0 Å². The van der Waals surface area contributed by atoms with E-state index in [1.807, 2.05) is 0 Å². The molecule has 1 aliphatic rings. The van der Waals surface area contributed by atoms with E-state index in [0.717, 1.165) is 5.69 Å². The van der Waals surface area contributed by atoms with Gasteiger partial charge in [0, 0.05) is 0 Å². The molecule has 0 radical (unpaired) electrons. The first-order chi connectivity index (χ1) is 6.70. The summed E-state index contributed by atoms with van der Waals surface area (Å²) in [5, 5.41) is 0. The Hall–Kier alpha value is -1.37. The van der Waals surface area contributed by atoms with Crippen LogP contribution in [0.15, 0.2) is 22.7 Å². The van der Waals surface area contributed by atoms with Crippen molar-refractivity contribution in [2.75, 3.05) is 0 Å². The lowest BCUT2D eigenvalue weighted by Gasteiger charge is -2.05. The zero-order valence-electron chi connectivity index (χ0n) is 8.80. The Kier molecular flexibility index (Phi) is 2.24. The molecular formula is C13H15N. The summed E-state index contributed by atoms with van der Waals surface area (Å²) in [6, 6.07) is 4.31. The highest BCUT2D eigenvalue weighted by molar-refractivity contribution is 5.65. The van der Waals surface area contributed by atoms with Crippen LogP contribution in [-0.4, -0.2) is 6.72 Å². The third kappa shape index (κ3) is 1.77. The second kappa shape index (κ2) is 3.41. The molecule has 0 aromatic heterocycles. The summed E-state index contributed by atoms with van der Waals surface area (Å²) in [6.07, 6.45) is 4.86. The van der Waals surface area contributed by atoms with Gasteiger partial charge in [0.1, 0.15) is 0 Å². The Morgan fingerprint density at radius 1 is 1.21 bits per heavy atom. The molecule has 1 aromatic rings. The van der Waals surface area contributed by atoms with E-state index in [2.05, 4.69) is 43.8 Å². The molecule has 72 valence electrons. The van der Waals surface area contributed by atoms with Gasteiger partial charge < -0.3 is 0 Å². The summed E-state index contributed by atoms with van der Waals surface area (Å²) >= 11 is 0. The van der Waals surface area contributed by atoms with Crippen LogP contribution >= 0.6 is 0 Å². The highest BCUT2D eigenvalue weighted by atomic mass is 14.7. The standard InChI is InChI=1S/C13H15N/c1-9-7-13(14-3)10(2)6-12(9)8-11-4-5-11/h6-8H,3-5H2,1-2H3. The molecule has 1 nitrogen and oxygen atoms in total. The fourth-order valence-corrected chi connectivity index (χ4v) is 1.59. The summed E-state index contributed by atoms with van der Waals surface area (Å²) in [4.78, 5) is 4.00. The average molecular weight is 185 g/mol. The Labute approximate surface area is 85.2 Å². The molecule has 0 spiro atoms. The normalized spacial score (nSPS) is 14.0. The van der Waals surface area contributed by atoms with Gasteiger partial charge in [-0.1, -0.05) is 11.6 Å². The number of hydrogen-bond acceptors (Lipinski definition) is 1. The third-order valence-corrected chi connectivity index (χ3v) is 2.65. The van der Waals surface area contributed by atoms with Crippen LogP contribution in [-0.2, 0) is 0 Å². The molecule has 1 saturated carbocycles. The van der Waals surface area contributed by atoms with E-state index in [1.54, 1.807) is 5.57 Å². The lowest BCUT2D eigenvalue weighted by Crippen LogP contribution is -1.83. The van der Waals surface area contributed by atoms with Crippen molar-refractivity contribution >= 4 is 18.5 Å². The number of benzene rings is 1. The van der Waals surface area contributed by atoms with Crippen LogP contribution in [0.25, 0.3) is 6.08 Å². The highest BCUT2D eigenvalue weighted by Gasteiger charge is 2.11. The van der Waals surface area contributed by atoms with Gasteiger partial charge in [-0.25, -0.2) is 0 Å². The lowest BCUT2D eigenvalue weighted by atomic mass is 10.0. The summed E-state index contributed by atoms with van der Waals surface area (Å²) in [7, 11) is 0. The fraction of sp³-hybridized carbons (Fsp3) is 0.308. The van der Waals surface area contributed by atoms with Gasteiger partial charge in [-0.2, -0.15) is 0 Å². The first kappa shape index (κ1) is 9.20. The van der Waals surface area contributed by atoms with E-state index >= 15 is 0 Å². The number of aryl methyl sites for hydroxylation is 2. The van der Waals surface area contributed by atoms with Gasteiger partial charge in [-0.05, 0) is 62.2 Å². The van der Waals surface area contributed by atoms with E-state index in [4.69, 9.17) is 0 Å². The predicted octanol–water partition coefficient (Wildman–Crippen LogP) is 3.81. The molecule has 0 unspecified atom stereocenters. The lowest BCUT2D eigenvalue weighted by molar-refractivity contribution is 1.34. The molecule has 1 aromatic carbocycles. The maximum Gasteiger partial charge on any atom is 0.0654 e. The molecule has 0 bridgehead atoms. The number of hydrogen-bond donors (Lipinski definition) is 0. The fourth-order valence-electron chi connectivity index (χ4n) is 1.59. The molecule has 2 rings (SSSR count). The van der Waals surface area contributed by atoms with E-state index in [9.17, 15) is 0 Å². The summed E-state index contributed by atoms with van der Waals surface area (Å²) in [5.74, 6) is 0. The zero-order valence-corrected chi connectivity index (χ0v) is 8.80.